The quantitative estimate of drug-likeness (QED) is 0.271. The summed E-state index contributed by atoms with van der Waals surface area (Å²) < 4.78 is 0. The summed E-state index contributed by atoms with van der Waals surface area (Å²) in [5, 5.41) is 0. The lowest BCUT2D eigenvalue weighted by Crippen LogP contribution is -2.26. The number of nitrogens with zero attached hydrogens (tertiary/aromatic N) is 2. The minimum atomic E-state index is 0.193. The number of aryl methyl sites for hydroxylation is 2. The zero-order valence-electron chi connectivity index (χ0n) is 25.6. The van der Waals surface area contributed by atoms with Crippen molar-refractivity contribution >= 4 is 0 Å². The van der Waals surface area contributed by atoms with Crippen LogP contribution in [0.3, 0.4) is 0 Å². The van der Waals surface area contributed by atoms with Crippen molar-refractivity contribution in [2.75, 3.05) is 41.3 Å². The number of rotatable bonds is 12. The van der Waals surface area contributed by atoms with Crippen LogP contribution in [0.4, 0.5) is 0 Å². The van der Waals surface area contributed by atoms with Crippen molar-refractivity contribution in [1.82, 2.24) is 9.80 Å². The highest BCUT2D eigenvalue weighted by Crippen LogP contribution is 2.54. The Morgan fingerprint density at radius 3 is 1.28 bits per heavy atom. The van der Waals surface area contributed by atoms with Gasteiger partial charge in [-0.15, -0.1) is 0 Å². The third kappa shape index (κ3) is 9.34. The molecule has 204 valence electrons. The predicted octanol–water partition coefficient (Wildman–Crippen LogP) is 9.26. The molecule has 0 N–H and O–H groups in total. The summed E-state index contributed by atoms with van der Waals surface area (Å²) in [5.74, 6) is 0. The van der Waals surface area contributed by atoms with Gasteiger partial charge in [0.05, 0.1) is 0 Å². The van der Waals surface area contributed by atoms with E-state index >= 15 is 0 Å². The van der Waals surface area contributed by atoms with E-state index in [-0.39, 0.29) is 5.41 Å². The van der Waals surface area contributed by atoms with Crippen LogP contribution in [-0.2, 0) is 5.41 Å². The zero-order valence-corrected chi connectivity index (χ0v) is 25.6. The maximum atomic E-state index is 2.50. The lowest BCUT2D eigenvalue weighted by Gasteiger charge is -2.33. The van der Waals surface area contributed by atoms with E-state index < -0.39 is 0 Å². The number of unbranched alkanes of at least 4 members (excludes halogenated alkanes) is 4. The van der Waals surface area contributed by atoms with Gasteiger partial charge in [-0.05, 0) is 103 Å². The summed E-state index contributed by atoms with van der Waals surface area (Å²) in [6, 6.07) is 14.4. The maximum absolute atomic E-state index is 2.50. The Morgan fingerprint density at radius 2 is 0.944 bits per heavy atom. The zero-order chi connectivity index (χ0) is 27.1. The number of fused-ring (bicyclic) bond motifs is 3. The third-order valence-electron chi connectivity index (χ3n) is 7.09. The first-order valence-corrected chi connectivity index (χ1v) is 14.8. The number of benzene rings is 2. The first-order valence-electron chi connectivity index (χ1n) is 14.8. The fraction of sp³-hybridized carbons (Fsp3) is 0.647. The summed E-state index contributed by atoms with van der Waals surface area (Å²) in [5.41, 5.74) is 9.17. The molecule has 0 bridgehead atoms. The molecule has 1 aliphatic carbocycles. The second-order valence-corrected chi connectivity index (χ2v) is 11.1. The largest absolute Gasteiger partial charge is 0.309 e. The van der Waals surface area contributed by atoms with E-state index in [1.807, 2.05) is 13.8 Å². The SMILES string of the molecule is CC.CCC.Cc1ccc2c(c1)C(CCCCCN(C)C)(CCCCCN(C)C)c1cc(C)ccc1-2. The Hall–Kier alpha value is -1.64. The van der Waals surface area contributed by atoms with Crippen molar-refractivity contribution in [2.24, 2.45) is 0 Å². The van der Waals surface area contributed by atoms with Gasteiger partial charge in [-0.3, -0.25) is 0 Å². The van der Waals surface area contributed by atoms with Gasteiger partial charge in [0, 0.05) is 5.41 Å². The summed E-state index contributed by atoms with van der Waals surface area (Å²) in [6.07, 6.45) is 11.7. The van der Waals surface area contributed by atoms with E-state index in [2.05, 4.69) is 102 Å². The summed E-state index contributed by atoms with van der Waals surface area (Å²) in [7, 11) is 8.74. The van der Waals surface area contributed by atoms with Crippen molar-refractivity contribution in [1.29, 1.82) is 0 Å². The molecule has 0 atom stereocenters. The standard InChI is InChI=1S/C29H44N2.C3H8.C2H6/c1-23-13-15-25-26-16-14-24(2)22-28(26)29(27(25)21-23,17-9-7-11-19-30(3)4)18-10-8-12-20-31(5)6;1-3-2;1-2/h13-16,21-22H,7-12,17-20H2,1-6H3;3H2,1-2H3;1-2H3. The molecule has 0 saturated heterocycles. The van der Waals surface area contributed by atoms with E-state index in [4.69, 9.17) is 0 Å². The minimum absolute atomic E-state index is 0.193. The van der Waals surface area contributed by atoms with E-state index in [0.717, 1.165) is 0 Å². The van der Waals surface area contributed by atoms with Gasteiger partial charge >= 0.3 is 0 Å². The predicted molar refractivity (Wildman–Crippen MR) is 163 cm³/mol. The summed E-state index contributed by atoms with van der Waals surface area (Å²) >= 11 is 0. The molecular weight excluding hydrogens is 436 g/mol. The molecule has 0 aliphatic heterocycles. The second-order valence-electron chi connectivity index (χ2n) is 11.1. The van der Waals surface area contributed by atoms with E-state index in [9.17, 15) is 0 Å². The van der Waals surface area contributed by atoms with Gasteiger partial charge in [0.2, 0.25) is 0 Å². The Labute approximate surface area is 225 Å². The average Bonchev–Trinajstić information content (AvgIpc) is 3.08. The topological polar surface area (TPSA) is 6.48 Å². The van der Waals surface area contributed by atoms with Crippen LogP contribution < -0.4 is 0 Å². The van der Waals surface area contributed by atoms with Gasteiger partial charge in [-0.25, -0.2) is 0 Å². The first-order chi connectivity index (χ1) is 17.2. The Bertz CT molecular complexity index is 794. The summed E-state index contributed by atoms with van der Waals surface area (Å²) in [6.45, 7) is 15.2. The molecule has 0 amide bonds. The van der Waals surface area contributed by atoms with Crippen molar-refractivity contribution in [3.63, 3.8) is 0 Å². The van der Waals surface area contributed by atoms with E-state index in [0.29, 0.717) is 0 Å². The van der Waals surface area contributed by atoms with Crippen molar-refractivity contribution in [2.45, 2.75) is 105 Å². The number of hydrogen-bond donors (Lipinski definition) is 0. The molecule has 0 saturated carbocycles. The summed E-state index contributed by atoms with van der Waals surface area (Å²) in [4.78, 5) is 4.63. The van der Waals surface area contributed by atoms with Crippen molar-refractivity contribution < 1.29 is 0 Å². The van der Waals surface area contributed by atoms with Gasteiger partial charge in [-0.1, -0.05) is 107 Å². The Kier molecular flexibility index (Phi) is 15.3. The molecule has 2 nitrogen and oxygen atoms in total. The highest BCUT2D eigenvalue weighted by atomic mass is 15.0. The van der Waals surface area contributed by atoms with Crippen LogP contribution >= 0.6 is 0 Å². The molecule has 3 rings (SSSR count). The smallest absolute Gasteiger partial charge is 0.0215 e. The maximum Gasteiger partial charge on any atom is 0.0215 e. The average molecular weight is 495 g/mol. The van der Waals surface area contributed by atoms with E-state index in [1.165, 1.54) is 93.1 Å². The van der Waals surface area contributed by atoms with Crippen LogP contribution in [-0.4, -0.2) is 51.1 Å². The monoisotopic (exact) mass is 494 g/mol. The Morgan fingerprint density at radius 1 is 0.583 bits per heavy atom. The number of hydrogen-bond acceptors (Lipinski definition) is 2. The van der Waals surface area contributed by atoms with Gasteiger partial charge in [0.25, 0.3) is 0 Å². The lowest BCUT2D eigenvalue weighted by molar-refractivity contribution is 0.359. The minimum Gasteiger partial charge on any atom is -0.309 e. The molecular formula is C34H58N2. The molecule has 0 fully saturated rings. The highest BCUT2D eigenvalue weighted by molar-refractivity contribution is 5.81. The highest BCUT2D eigenvalue weighted by Gasteiger charge is 2.42. The normalized spacial score (nSPS) is 13.0. The van der Waals surface area contributed by atoms with Crippen LogP contribution in [0.1, 0.15) is 108 Å². The van der Waals surface area contributed by atoms with Crippen molar-refractivity contribution in [3.05, 3.63) is 58.7 Å². The van der Waals surface area contributed by atoms with Crippen LogP contribution in [0.2, 0.25) is 0 Å². The second kappa shape index (κ2) is 17.0. The molecule has 2 aromatic rings. The molecule has 1 aliphatic rings. The Balaban J connectivity index is 0.00000120. The van der Waals surface area contributed by atoms with Crippen LogP contribution in [0, 0.1) is 13.8 Å². The lowest BCUT2D eigenvalue weighted by atomic mass is 9.70. The van der Waals surface area contributed by atoms with Crippen molar-refractivity contribution in [3.8, 4) is 11.1 Å². The molecule has 0 aromatic heterocycles. The fourth-order valence-corrected chi connectivity index (χ4v) is 5.45. The fourth-order valence-electron chi connectivity index (χ4n) is 5.45. The molecule has 36 heavy (non-hydrogen) atoms. The van der Waals surface area contributed by atoms with E-state index in [1.54, 1.807) is 11.1 Å². The third-order valence-corrected chi connectivity index (χ3v) is 7.09. The van der Waals surface area contributed by atoms with Gasteiger partial charge in [-0.2, -0.15) is 0 Å². The van der Waals surface area contributed by atoms with Crippen LogP contribution in [0.5, 0.6) is 0 Å². The van der Waals surface area contributed by atoms with Gasteiger partial charge < -0.3 is 9.80 Å². The molecule has 2 heteroatoms. The molecule has 0 radical (unpaired) electrons. The molecule has 0 unspecified atom stereocenters. The van der Waals surface area contributed by atoms with Crippen LogP contribution in [0.15, 0.2) is 36.4 Å². The van der Waals surface area contributed by atoms with Crippen LogP contribution in [0.25, 0.3) is 11.1 Å². The molecule has 0 spiro atoms. The van der Waals surface area contributed by atoms with Gasteiger partial charge in [0.1, 0.15) is 0 Å². The van der Waals surface area contributed by atoms with Gasteiger partial charge in [0.15, 0.2) is 0 Å². The first kappa shape index (κ1) is 32.4. The molecule has 2 aromatic carbocycles. The molecule has 0 heterocycles.